The molecule has 1 amide bonds. The van der Waals surface area contributed by atoms with Crippen molar-refractivity contribution in [3.63, 3.8) is 0 Å². The number of carboxylic acid groups (broad SMARTS) is 1. The van der Waals surface area contributed by atoms with Gasteiger partial charge >= 0.3 is 11.9 Å². The highest BCUT2D eigenvalue weighted by Gasteiger charge is 2.26. The Balaban J connectivity index is 2.21. The van der Waals surface area contributed by atoms with Gasteiger partial charge in [0.15, 0.2) is 0 Å². The number of rotatable bonds is 6. The molecule has 0 spiro atoms. The summed E-state index contributed by atoms with van der Waals surface area (Å²) in [7, 11) is 0. The number of carbonyl (C=O) groups is 3. The molecule has 1 fully saturated rings. The van der Waals surface area contributed by atoms with Crippen LogP contribution in [0.3, 0.4) is 0 Å². The number of likely N-dealkylation sites (tertiary alicyclic amines) is 1. The molecule has 7 heteroatoms. The molecule has 1 aliphatic rings. The van der Waals surface area contributed by atoms with Crippen molar-refractivity contribution in [2.45, 2.75) is 19.8 Å². The van der Waals surface area contributed by atoms with E-state index < -0.39 is 5.97 Å². The minimum Gasteiger partial charge on any atom is -0.481 e. The van der Waals surface area contributed by atoms with Gasteiger partial charge in [-0.2, -0.15) is 0 Å². The lowest BCUT2D eigenvalue weighted by Crippen LogP contribution is -2.41. The summed E-state index contributed by atoms with van der Waals surface area (Å²) in [5.41, 5.74) is 0. The number of ether oxygens (including phenoxy) is 1. The average molecular weight is 289 g/mol. The van der Waals surface area contributed by atoms with Gasteiger partial charge in [0.25, 0.3) is 0 Å². The summed E-state index contributed by atoms with van der Waals surface area (Å²) in [6.45, 7) is 3.04. The summed E-state index contributed by atoms with van der Waals surface area (Å²) in [6, 6.07) is 0. The van der Waals surface area contributed by atoms with Gasteiger partial charge in [0.2, 0.25) is 5.91 Å². The van der Waals surface area contributed by atoms with Gasteiger partial charge < -0.3 is 14.7 Å². The normalized spacial score (nSPS) is 16.2. The zero-order valence-corrected chi connectivity index (χ0v) is 11.8. The van der Waals surface area contributed by atoms with Crippen molar-refractivity contribution in [2.24, 2.45) is 5.92 Å². The van der Waals surface area contributed by atoms with Gasteiger partial charge in [-0.15, -0.1) is 11.8 Å². The molecule has 0 aliphatic carbocycles. The van der Waals surface area contributed by atoms with Gasteiger partial charge in [-0.1, -0.05) is 0 Å². The largest absolute Gasteiger partial charge is 0.481 e. The number of carboxylic acids is 1. The van der Waals surface area contributed by atoms with Crippen LogP contribution in [0.25, 0.3) is 0 Å². The fraction of sp³-hybridized carbons (Fsp3) is 0.750. The van der Waals surface area contributed by atoms with Crippen LogP contribution >= 0.6 is 11.8 Å². The topological polar surface area (TPSA) is 83.9 Å². The fourth-order valence-electron chi connectivity index (χ4n) is 1.89. The highest BCUT2D eigenvalue weighted by atomic mass is 32.2. The number of amides is 1. The summed E-state index contributed by atoms with van der Waals surface area (Å²) in [5, 5.41) is 8.86. The minimum absolute atomic E-state index is 0.0434. The Kier molecular flexibility index (Phi) is 6.69. The lowest BCUT2D eigenvalue weighted by atomic mass is 9.97. The lowest BCUT2D eigenvalue weighted by Gasteiger charge is -2.30. The van der Waals surface area contributed by atoms with Crippen molar-refractivity contribution < 1.29 is 24.2 Å². The first-order valence-electron chi connectivity index (χ1n) is 6.28. The maximum absolute atomic E-state index is 11.8. The van der Waals surface area contributed by atoms with Gasteiger partial charge in [0.05, 0.1) is 24.0 Å². The van der Waals surface area contributed by atoms with E-state index >= 15 is 0 Å². The Morgan fingerprint density at radius 1 is 1.26 bits per heavy atom. The second kappa shape index (κ2) is 8.04. The van der Waals surface area contributed by atoms with Gasteiger partial charge in [0, 0.05) is 13.1 Å². The predicted octanol–water partition coefficient (Wildman–Crippen LogP) is 0.606. The molecule has 0 radical (unpaired) electrons. The minimum atomic E-state index is -0.788. The number of aliphatic carboxylic acids is 1. The van der Waals surface area contributed by atoms with E-state index in [1.165, 1.54) is 11.8 Å². The number of thioether (sulfide) groups is 1. The maximum Gasteiger partial charge on any atom is 0.315 e. The van der Waals surface area contributed by atoms with Crippen molar-refractivity contribution in [2.75, 3.05) is 31.2 Å². The molecular weight excluding hydrogens is 270 g/mol. The van der Waals surface area contributed by atoms with Crippen molar-refractivity contribution in [3.8, 4) is 0 Å². The maximum atomic E-state index is 11.8. The standard InChI is InChI=1S/C12H19NO5S/c1-2-18-11(15)8-19-7-10(14)13-5-3-9(4-6-13)12(16)17/h9H,2-8H2,1H3,(H,16,17). The van der Waals surface area contributed by atoms with Crippen LogP contribution in [0.15, 0.2) is 0 Å². The Morgan fingerprint density at radius 3 is 2.42 bits per heavy atom. The quantitative estimate of drug-likeness (QED) is 0.721. The Bertz CT molecular complexity index is 339. The number of hydrogen-bond acceptors (Lipinski definition) is 5. The van der Waals surface area contributed by atoms with Crippen LogP contribution in [0.4, 0.5) is 0 Å². The van der Waals surface area contributed by atoms with Gasteiger partial charge in [-0.05, 0) is 19.8 Å². The summed E-state index contributed by atoms with van der Waals surface area (Å²) in [6.07, 6.45) is 1.01. The van der Waals surface area contributed by atoms with E-state index in [-0.39, 0.29) is 29.3 Å². The van der Waals surface area contributed by atoms with Crippen molar-refractivity contribution in [3.05, 3.63) is 0 Å². The van der Waals surface area contributed by atoms with E-state index in [0.717, 1.165) is 0 Å². The Morgan fingerprint density at radius 2 is 1.89 bits per heavy atom. The van der Waals surface area contributed by atoms with Crippen molar-refractivity contribution in [1.29, 1.82) is 0 Å². The first kappa shape index (κ1) is 15.8. The van der Waals surface area contributed by atoms with Crippen LogP contribution < -0.4 is 0 Å². The monoisotopic (exact) mass is 289 g/mol. The fourth-order valence-corrected chi connectivity index (χ4v) is 2.60. The van der Waals surface area contributed by atoms with E-state index in [2.05, 4.69) is 0 Å². The number of esters is 1. The molecule has 19 heavy (non-hydrogen) atoms. The number of hydrogen-bond donors (Lipinski definition) is 1. The van der Waals surface area contributed by atoms with Crippen LogP contribution in [0, 0.1) is 5.92 Å². The second-order valence-corrected chi connectivity index (χ2v) is 5.28. The van der Waals surface area contributed by atoms with Gasteiger partial charge in [-0.25, -0.2) is 0 Å². The first-order chi connectivity index (χ1) is 9.04. The average Bonchev–Trinajstić information content (AvgIpc) is 2.39. The Labute approximate surface area is 116 Å². The molecule has 0 aromatic rings. The molecule has 0 bridgehead atoms. The highest BCUT2D eigenvalue weighted by Crippen LogP contribution is 2.18. The molecular formula is C12H19NO5S. The number of nitrogens with zero attached hydrogens (tertiary/aromatic N) is 1. The molecule has 1 aliphatic heterocycles. The molecule has 0 unspecified atom stereocenters. The van der Waals surface area contributed by atoms with Crippen LogP contribution in [0.5, 0.6) is 0 Å². The van der Waals surface area contributed by atoms with E-state index in [0.29, 0.717) is 32.5 Å². The molecule has 6 nitrogen and oxygen atoms in total. The molecule has 1 heterocycles. The van der Waals surface area contributed by atoms with E-state index in [1.807, 2.05) is 0 Å². The van der Waals surface area contributed by atoms with Gasteiger partial charge in [0.1, 0.15) is 0 Å². The molecule has 0 aromatic heterocycles. The molecule has 1 saturated heterocycles. The highest BCUT2D eigenvalue weighted by molar-refractivity contribution is 8.00. The second-order valence-electron chi connectivity index (χ2n) is 4.29. The SMILES string of the molecule is CCOC(=O)CSCC(=O)N1CCC(C(=O)O)CC1. The van der Waals surface area contributed by atoms with E-state index in [4.69, 9.17) is 9.84 Å². The van der Waals surface area contributed by atoms with Crippen LogP contribution in [-0.4, -0.2) is 59.1 Å². The first-order valence-corrected chi connectivity index (χ1v) is 7.44. The van der Waals surface area contributed by atoms with Crippen LogP contribution in [-0.2, 0) is 19.1 Å². The Hall–Kier alpha value is -1.24. The van der Waals surface area contributed by atoms with Crippen molar-refractivity contribution in [1.82, 2.24) is 4.90 Å². The van der Waals surface area contributed by atoms with Crippen LogP contribution in [0.2, 0.25) is 0 Å². The number of carbonyl (C=O) groups excluding carboxylic acids is 2. The lowest BCUT2D eigenvalue weighted by molar-refractivity contribution is -0.145. The molecule has 0 saturated carbocycles. The third-order valence-electron chi connectivity index (χ3n) is 2.95. The smallest absolute Gasteiger partial charge is 0.315 e. The molecule has 0 aromatic carbocycles. The third kappa shape index (κ3) is 5.50. The summed E-state index contributed by atoms with van der Waals surface area (Å²) < 4.78 is 4.76. The zero-order valence-electron chi connectivity index (χ0n) is 11.0. The summed E-state index contributed by atoms with van der Waals surface area (Å²) in [5.74, 6) is -1.08. The molecule has 1 N–H and O–H groups in total. The molecule has 1 rings (SSSR count). The summed E-state index contributed by atoms with van der Waals surface area (Å²) >= 11 is 1.23. The molecule has 0 atom stereocenters. The zero-order chi connectivity index (χ0) is 14.3. The third-order valence-corrected chi connectivity index (χ3v) is 3.84. The van der Waals surface area contributed by atoms with E-state index in [9.17, 15) is 14.4 Å². The molecule has 108 valence electrons. The van der Waals surface area contributed by atoms with Crippen molar-refractivity contribution >= 4 is 29.6 Å². The number of piperidine rings is 1. The summed E-state index contributed by atoms with van der Waals surface area (Å²) in [4.78, 5) is 35.3. The van der Waals surface area contributed by atoms with E-state index in [1.54, 1.807) is 11.8 Å². The van der Waals surface area contributed by atoms with Gasteiger partial charge in [-0.3, -0.25) is 14.4 Å². The van der Waals surface area contributed by atoms with Crippen LogP contribution in [0.1, 0.15) is 19.8 Å². The predicted molar refractivity (Wildman–Crippen MR) is 70.9 cm³/mol.